The largest absolute Gasteiger partial charge is 0.395 e. The summed E-state index contributed by atoms with van der Waals surface area (Å²) in [5.74, 6) is -0.342. The molecule has 20 heavy (non-hydrogen) atoms. The SMILES string of the molecule is CCN(CCO)C(=O)c1c(C)c2ccccc2[nH]c1=O. The van der Waals surface area contributed by atoms with Crippen LogP contribution in [0.3, 0.4) is 0 Å². The third-order valence-corrected chi connectivity index (χ3v) is 3.43. The predicted octanol–water partition coefficient (Wildman–Crippen LogP) is 1.29. The number of aliphatic hydroxyl groups excluding tert-OH is 1. The van der Waals surface area contributed by atoms with Crippen LogP contribution in [0.2, 0.25) is 0 Å². The molecule has 1 amide bonds. The number of nitrogens with zero attached hydrogens (tertiary/aromatic N) is 1. The van der Waals surface area contributed by atoms with Gasteiger partial charge in [0.05, 0.1) is 6.61 Å². The van der Waals surface area contributed by atoms with Crippen LogP contribution in [-0.4, -0.2) is 40.6 Å². The molecule has 106 valence electrons. The normalized spacial score (nSPS) is 10.8. The van der Waals surface area contributed by atoms with Crippen LogP contribution in [0.25, 0.3) is 10.9 Å². The first-order chi connectivity index (χ1) is 9.60. The second-order valence-electron chi connectivity index (χ2n) is 4.61. The van der Waals surface area contributed by atoms with Gasteiger partial charge in [-0.1, -0.05) is 18.2 Å². The van der Waals surface area contributed by atoms with E-state index in [9.17, 15) is 9.59 Å². The number of benzene rings is 1. The summed E-state index contributed by atoms with van der Waals surface area (Å²) in [4.78, 5) is 28.8. The molecule has 0 aliphatic rings. The molecule has 0 aliphatic carbocycles. The van der Waals surface area contributed by atoms with Crippen molar-refractivity contribution in [3.63, 3.8) is 0 Å². The topological polar surface area (TPSA) is 73.4 Å². The van der Waals surface area contributed by atoms with Crippen LogP contribution < -0.4 is 5.56 Å². The Labute approximate surface area is 116 Å². The minimum atomic E-state index is -0.386. The molecule has 1 aromatic heterocycles. The van der Waals surface area contributed by atoms with E-state index in [1.807, 2.05) is 31.2 Å². The first-order valence-electron chi connectivity index (χ1n) is 6.61. The van der Waals surface area contributed by atoms with Crippen LogP contribution in [0, 0.1) is 6.92 Å². The summed E-state index contributed by atoms with van der Waals surface area (Å²) in [5, 5.41) is 9.85. The Morgan fingerprint density at radius 1 is 1.35 bits per heavy atom. The molecule has 2 aromatic rings. The van der Waals surface area contributed by atoms with Gasteiger partial charge in [0.15, 0.2) is 0 Å². The summed E-state index contributed by atoms with van der Waals surface area (Å²) in [6.07, 6.45) is 0. The maximum Gasteiger partial charge on any atom is 0.261 e. The van der Waals surface area contributed by atoms with Gasteiger partial charge < -0.3 is 15.0 Å². The van der Waals surface area contributed by atoms with E-state index >= 15 is 0 Å². The number of para-hydroxylation sites is 1. The Kier molecular flexibility index (Phi) is 4.20. The average molecular weight is 274 g/mol. The molecule has 1 aromatic carbocycles. The molecule has 0 aliphatic heterocycles. The molecular weight excluding hydrogens is 256 g/mol. The molecule has 0 saturated heterocycles. The average Bonchev–Trinajstić information content (AvgIpc) is 2.44. The van der Waals surface area contributed by atoms with E-state index in [0.717, 1.165) is 10.9 Å². The van der Waals surface area contributed by atoms with Crippen LogP contribution >= 0.6 is 0 Å². The quantitative estimate of drug-likeness (QED) is 0.882. The van der Waals surface area contributed by atoms with Crippen molar-refractivity contribution in [3.05, 3.63) is 45.7 Å². The van der Waals surface area contributed by atoms with Crippen molar-refractivity contribution in [1.29, 1.82) is 0 Å². The highest BCUT2D eigenvalue weighted by Gasteiger charge is 2.21. The van der Waals surface area contributed by atoms with Crippen LogP contribution in [-0.2, 0) is 0 Å². The number of aryl methyl sites for hydroxylation is 1. The van der Waals surface area contributed by atoms with Gasteiger partial charge in [-0.15, -0.1) is 0 Å². The van der Waals surface area contributed by atoms with Crippen molar-refractivity contribution in [3.8, 4) is 0 Å². The van der Waals surface area contributed by atoms with E-state index in [0.29, 0.717) is 12.1 Å². The Bertz CT molecular complexity index is 691. The lowest BCUT2D eigenvalue weighted by Crippen LogP contribution is -2.37. The zero-order valence-corrected chi connectivity index (χ0v) is 11.6. The van der Waals surface area contributed by atoms with E-state index in [-0.39, 0.29) is 30.2 Å². The van der Waals surface area contributed by atoms with Gasteiger partial charge in [0, 0.05) is 24.0 Å². The summed E-state index contributed by atoms with van der Waals surface area (Å²) in [6, 6.07) is 7.39. The molecule has 0 radical (unpaired) electrons. The standard InChI is InChI=1S/C15H18N2O3/c1-3-17(8-9-18)15(20)13-10(2)11-6-4-5-7-12(11)16-14(13)19/h4-7,18H,3,8-9H2,1-2H3,(H,16,19). The fourth-order valence-corrected chi connectivity index (χ4v) is 2.35. The van der Waals surface area contributed by atoms with Gasteiger partial charge in [0.25, 0.3) is 11.5 Å². The Morgan fingerprint density at radius 2 is 2.05 bits per heavy atom. The number of H-pyrrole nitrogens is 1. The van der Waals surface area contributed by atoms with Gasteiger partial charge in [-0.3, -0.25) is 9.59 Å². The summed E-state index contributed by atoms with van der Waals surface area (Å²) >= 11 is 0. The molecule has 2 rings (SSSR count). The number of aliphatic hydroxyl groups is 1. The molecule has 0 bridgehead atoms. The Morgan fingerprint density at radius 3 is 2.70 bits per heavy atom. The van der Waals surface area contributed by atoms with E-state index in [1.54, 1.807) is 6.92 Å². The van der Waals surface area contributed by atoms with Crippen LogP contribution in [0.15, 0.2) is 29.1 Å². The molecule has 0 saturated carbocycles. The lowest BCUT2D eigenvalue weighted by Gasteiger charge is -2.20. The number of aromatic nitrogens is 1. The van der Waals surface area contributed by atoms with Crippen molar-refractivity contribution < 1.29 is 9.90 Å². The summed E-state index contributed by atoms with van der Waals surface area (Å²) < 4.78 is 0. The number of pyridine rings is 1. The molecule has 0 unspecified atom stereocenters. The van der Waals surface area contributed by atoms with Gasteiger partial charge in [-0.25, -0.2) is 0 Å². The minimum Gasteiger partial charge on any atom is -0.395 e. The van der Waals surface area contributed by atoms with Gasteiger partial charge in [0.2, 0.25) is 0 Å². The van der Waals surface area contributed by atoms with Crippen molar-refractivity contribution in [2.75, 3.05) is 19.7 Å². The Hall–Kier alpha value is -2.14. The number of hydrogen-bond acceptors (Lipinski definition) is 3. The number of rotatable bonds is 4. The lowest BCUT2D eigenvalue weighted by molar-refractivity contribution is 0.0729. The number of fused-ring (bicyclic) bond motifs is 1. The summed E-state index contributed by atoms with van der Waals surface area (Å²) in [7, 11) is 0. The highest BCUT2D eigenvalue weighted by Crippen LogP contribution is 2.18. The third-order valence-electron chi connectivity index (χ3n) is 3.43. The first kappa shape index (κ1) is 14.3. The molecule has 0 spiro atoms. The number of carbonyl (C=O) groups is 1. The van der Waals surface area contributed by atoms with Crippen molar-refractivity contribution >= 4 is 16.8 Å². The number of amides is 1. The molecule has 0 fully saturated rings. The van der Waals surface area contributed by atoms with Crippen LogP contribution in [0.1, 0.15) is 22.8 Å². The first-order valence-corrected chi connectivity index (χ1v) is 6.61. The zero-order chi connectivity index (χ0) is 14.7. The maximum atomic E-state index is 12.4. The highest BCUT2D eigenvalue weighted by molar-refractivity contribution is 5.99. The second kappa shape index (κ2) is 5.88. The number of likely N-dealkylation sites (N-methyl/N-ethyl adjacent to an activating group) is 1. The van der Waals surface area contributed by atoms with E-state index in [2.05, 4.69) is 4.98 Å². The molecule has 2 N–H and O–H groups in total. The highest BCUT2D eigenvalue weighted by atomic mass is 16.3. The third kappa shape index (κ3) is 2.44. The van der Waals surface area contributed by atoms with Gasteiger partial charge in [-0.05, 0) is 25.5 Å². The van der Waals surface area contributed by atoms with Crippen molar-refractivity contribution in [2.24, 2.45) is 0 Å². The maximum absolute atomic E-state index is 12.4. The van der Waals surface area contributed by atoms with Gasteiger partial charge >= 0.3 is 0 Å². The smallest absolute Gasteiger partial charge is 0.261 e. The van der Waals surface area contributed by atoms with Crippen molar-refractivity contribution in [1.82, 2.24) is 9.88 Å². The number of carbonyl (C=O) groups excluding carboxylic acids is 1. The fraction of sp³-hybridized carbons (Fsp3) is 0.333. The number of hydrogen-bond donors (Lipinski definition) is 2. The summed E-state index contributed by atoms with van der Waals surface area (Å²) in [6.45, 7) is 4.14. The molecule has 5 heteroatoms. The Balaban J connectivity index is 2.59. The van der Waals surface area contributed by atoms with E-state index < -0.39 is 0 Å². The van der Waals surface area contributed by atoms with Gasteiger partial charge in [-0.2, -0.15) is 0 Å². The molecule has 0 atom stereocenters. The van der Waals surface area contributed by atoms with Crippen LogP contribution in [0.4, 0.5) is 0 Å². The van der Waals surface area contributed by atoms with Gasteiger partial charge in [0.1, 0.15) is 5.56 Å². The zero-order valence-electron chi connectivity index (χ0n) is 11.6. The van der Waals surface area contributed by atoms with Crippen molar-refractivity contribution in [2.45, 2.75) is 13.8 Å². The number of aromatic amines is 1. The second-order valence-corrected chi connectivity index (χ2v) is 4.61. The molecule has 5 nitrogen and oxygen atoms in total. The number of nitrogens with one attached hydrogen (secondary N) is 1. The molecular formula is C15H18N2O3. The summed E-state index contributed by atoms with van der Waals surface area (Å²) in [5.41, 5.74) is 1.16. The fourth-order valence-electron chi connectivity index (χ4n) is 2.35. The predicted molar refractivity (Wildman–Crippen MR) is 78.0 cm³/mol. The van der Waals surface area contributed by atoms with E-state index in [1.165, 1.54) is 4.90 Å². The van der Waals surface area contributed by atoms with Crippen LogP contribution in [0.5, 0.6) is 0 Å². The lowest BCUT2D eigenvalue weighted by atomic mass is 10.0. The molecule has 1 heterocycles. The van der Waals surface area contributed by atoms with E-state index in [4.69, 9.17) is 5.11 Å². The minimum absolute atomic E-state index is 0.121. The monoisotopic (exact) mass is 274 g/mol.